The molecule has 0 saturated carbocycles. The predicted octanol–water partition coefficient (Wildman–Crippen LogP) is 1.28. The average molecular weight is 160 g/mol. The number of benzene rings is 1. The Morgan fingerprint density at radius 1 is 1.33 bits per heavy atom. The highest BCUT2D eigenvalue weighted by Gasteiger charge is 1.94. The van der Waals surface area contributed by atoms with E-state index in [1.165, 1.54) is 18.2 Å². The van der Waals surface area contributed by atoms with Crippen LogP contribution in [0.25, 0.3) is 0 Å². The SMILES string of the molecule is N#CC#Cc1cc(N)cc(F)c1. The van der Waals surface area contributed by atoms with Crippen LogP contribution in [0.3, 0.4) is 0 Å². The van der Waals surface area contributed by atoms with Crippen LogP contribution in [0.2, 0.25) is 0 Å². The summed E-state index contributed by atoms with van der Waals surface area (Å²) in [5.41, 5.74) is 6.05. The summed E-state index contributed by atoms with van der Waals surface area (Å²) in [6.07, 6.45) is 0. The minimum Gasteiger partial charge on any atom is -0.399 e. The van der Waals surface area contributed by atoms with Crippen LogP contribution in [-0.2, 0) is 0 Å². The molecule has 2 nitrogen and oxygen atoms in total. The molecule has 0 radical (unpaired) electrons. The fraction of sp³-hybridized carbons (Fsp3) is 0. The first-order chi connectivity index (χ1) is 5.72. The number of nitrogen functional groups attached to an aromatic ring is 1. The maximum atomic E-state index is 12.6. The molecule has 1 aromatic carbocycles. The Labute approximate surface area is 69.4 Å². The number of nitrogens with zero attached hydrogens (tertiary/aromatic N) is 1. The van der Waals surface area contributed by atoms with Gasteiger partial charge in [0.05, 0.1) is 0 Å². The lowest BCUT2D eigenvalue weighted by Gasteiger charge is -1.94. The maximum Gasteiger partial charge on any atom is 0.152 e. The molecular formula is C9H5FN2. The third-order valence-corrected chi connectivity index (χ3v) is 1.18. The van der Waals surface area contributed by atoms with Gasteiger partial charge in [-0.15, -0.1) is 0 Å². The number of nitrogens with two attached hydrogens (primary N) is 1. The van der Waals surface area contributed by atoms with Crippen LogP contribution in [0.4, 0.5) is 10.1 Å². The van der Waals surface area contributed by atoms with Crippen molar-refractivity contribution in [2.24, 2.45) is 0 Å². The zero-order valence-electron chi connectivity index (χ0n) is 6.13. The first-order valence-electron chi connectivity index (χ1n) is 3.18. The molecule has 12 heavy (non-hydrogen) atoms. The Hall–Kier alpha value is -2.00. The van der Waals surface area contributed by atoms with Gasteiger partial charge in [0.2, 0.25) is 0 Å². The fourth-order valence-electron chi connectivity index (χ4n) is 0.785. The van der Waals surface area contributed by atoms with Crippen molar-refractivity contribution in [2.75, 3.05) is 5.73 Å². The van der Waals surface area contributed by atoms with E-state index < -0.39 is 5.82 Å². The van der Waals surface area contributed by atoms with Gasteiger partial charge >= 0.3 is 0 Å². The minimum atomic E-state index is -0.447. The highest BCUT2D eigenvalue weighted by molar-refractivity contribution is 5.48. The molecule has 0 heterocycles. The van der Waals surface area contributed by atoms with E-state index in [0.717, 1.165) is 0 Å². The molecule has 0 spiro atoms. The standard InChI is InChI=1S/C9H5FN2/c10-8-4-7(2-1-3-11)5-9(12)6-8/h4-6H,12H2. The number of rotatable bonds is 0. The molecule has 0 aliphatic rings. The summed E-state index contributed by atoms with van der Waals surface area (Å²) in [5, 5.41) is 8.12. The lowest BCUT2D eigenvalue weighted by atomic mass is 10.2. The van der Waals surface area contributed by atoms with Gasteiger partial charge < -0.3 is 5.73 Å². The monoisotopic (exact) mass is 160 g/mol. The highest BCUT2D eigenvalue weighted by atomic mass is 19.1. The molecule has 0 aliphatic carbocycles. The van der Waals surface area contributed by atoms with Gasteiger partial charge in [-0.3, -0.25) is 0 Å². The molecule has 0 aromatic heterocycles. The first-order valence-corrected chi connectivity index (χ1v) is 3.18. The van der Waals surface area contributed by atoms with Gasteiger partial charge in [-0.2, -0.15) is 5.26 Å². The van der Waals surface area contributed by atoms with Crippen molar-refractivity contribution in [2.45, 2.75) is 0 Å². The van der Waals surface area contributed by atoms with E-state index in [1.807, 2.05) is 0 Å². The molecule has 3 heteroatoms. The summed E-state index contributed by atoms with van der Waals surface area (Å²) in [4.78, 5) is 0. The first kappa shape index (κ1) is 8.10. The lowest BCUT2D eigenvalue weighted by Crippen LogP contribution is -1.87. The molecule has 58 valence electrons. The summed E-state index contributed by atoms with van der Waals surface area (Å²) in [6, 6.07) is 5.55. The summed E-state index contributed by atoms with van der Waals surface area (Å²) in [5.74, 6) is 4.15. The molecule has 2 N–H and O–H groups in total. The van der Waals surface area contributed by atoms with E-state index in [0.29, 0.717) is 11.3 Å². The number of nitriles is 1. The topological polar surface area (TPSA) is 49.8 Å². The predicted molar refractivity (Wildman–Crippen MR) is 43.3 cm³/mol. The largest absolute Gasteiger partial charge is 0.399 e. The van der Waals surface area contributed by atoms with Gasteiger partial charge in [-0.1, -0.05) is 5.92 Å². The van der Waals surface area contributed by atoms with Gasteiger partial charge in [-0.05, 0) is 18.2 Å². The van der Waals surface area contributed by atoms with Crippen molar-refractivity contribution in [3.63, 3.8) is 0 Å². The van der Waals surface area contributed by atoms with E-state index in [4.69, 9.17) is 11.0 Å². The Kier molecular flexibility index (Phi) is 2.30. The molecule has 1 aromatic rings. The normalized spacial score (nSPS) is 8.00. The van der Waals surface area contributed by atoms with Gasteiger partial charge in [0.1, 0.15) is 5.82 Å². The van der Waals surface area contributed by atoms with Crippen molar-refractivity contribution in [1.29, 1.82) is 5.26 Å². The number of hydrogen-bond donors (Lipinski definition) is 1. The van der Waals surface area contributed by atoms with Crippen molar-refractivity contribution in [1.82, 2.24) is 0 Å². The summed E-state index contributed by atoms with van der Waals surface area (Å²) >= 11 is 0. The third kappa shape index (κ3) is 2.00. The molecule has 0 fully saturated rings. The number of halogens is 1. The fourth-order valence-corrected chi connectivity index (χ4v) is 0.785. The summed E-state index contributed by atoms with van der Waals surface area (Å²) in [6.45, 7) is 0. The van der Waals surface area contributed by atoms with Crippen LogP contribution in [0.1, 0.15) is 5.56 Å². The second-order valence-corrected chi connectivity index (χ2v) is 2.14. The molecule has 0 amide bonds. The van der Waals surface area contributed by atoms with E-state index in [2.05, 4.69) is 11.8 Å². The van der Waals surface area contributed by atoms with Gasteiger partial charge in [0, 0.05) is 17.2 Å². The second kappa shape index (κ2) is 3.41. The number of hydrogen-bond acceptors (Lipinski definition) is 2. The number of anilines is 1. The Balaban J connectivity index is 3.11. The molecule has 1 rings (SSSR count). The Morgan fingerprint density at radius 3 is 2.67 bits per heavy atom. The summed E-state index contributed by atoms with van der Waals surface area (Å²) in [7, 11) is 0. The zero-order valence-corrected chi connectivity index (χ0v) is 6.13. The summed E-state index contributed by atoms with van der Waals surface area (Å²) < 4.78 is 12.6. The van der Waals surface area contributed by atoms with Crippen molar-refractivity contribution in [3.05, 3.63) is 29.6 Å². The van der Waals surface area contributed by atoms with Crippen molar-refractivity contribution in [3.8, 4) is 17.9 Å². The Bertz CT molecular complexity index is 373. The van der Waals surface area contributed by atoms with Crippen LogP contribution >= 0.6 is 0 Å². The van der Waals surface area contributed by atoms with Crippen molar-refractivity contribution < 1.29 is 4.39 Å². The van der Waals surface area contributed by atoms with E-state index >= 15 is 0 Å². The molecule has 0 unspecified atom stereocenters. The molecule has 0 saturated heterocycles. The molecular weight excluding hydrogens is 155 g/mol. The minimum absolute atomic E-state index is 0.303. The molecule has 0 bridgehead atoms. The average Bonchev–Trinajstić information content (AvgIpc) is 1.99. The van der Waals surface area contributed by atoms with Crippen LogP contribution in [0.15, 0.2) is 18.2 Å². The van der Waals surface area contributed by atoms with Crippen LogP contribution in [0, 0.1) is 29.0 Å². The lowest BCUT2D eigenvalue weighted by molar-refractivity contribution is 0.628. The van der Waals surface area contributed by atoms with E-state index in [-0.39, 0.29) is 0 Å². The highest BCUT2D eigenvalue weighted by Crippen LogP contribution is 2.09. The van der Waals surface area contributed by atoms with Crippen LogP contribution in [0.5, 0.6) is 0 Å². The molecule has 0 aliphatic heterocycles. The molecule has 0 atom stereocenters. The van der Waals surface area contributed by atoms with E-state index in [9.17, 15) is 4.39 Å². The second-order valence-electron chi connectivity index (χ2n) is 2.14. The zero-order chi connectivity index (χ0) is 8.97. The van der Waals surface area contributed by atoms with Gasteiger partial charge in [-0.25, -0.2) is 4.39 Å². The van der Waals surface area contributed by atoms with E-state index in [1.54, 1.807) is 6.07 Å². The smallest absolute Gasteiger partial charge is 0.152 e. The van der Waals surface area contributed by atoms with Gasteiger partial charge in [0.15, 0.2) is 6.07 Å². The maximum absolute atomic E-state index is 12.6. The Morgan fingerprint density at radius 2 is 2.08 bits per heavy atom. The van der Waals surface area contributed by atoms with Crippen LogP contribution < -0.4 is 5.73 Å². The van der Waals surface area contributed by atoms with Crippen LogP contribution in [-0.4, -0.2) is 0 Å². The van der Waals surface area contributed by atoms with Gasteiger partial charge in [0.25, 0.3) is 0 Å². The van der Waals surface area contributed by atoms with Crippen molar-refractivity contribution >= 4 is 5.69 Å². The quantitative estimate of drug-likeness (QED) is 0.459. The third-order valence-electron chi connectivity index (χ3n) is 1.18.